The van der Waals surface area contributed by atoms with Crippen LogP contribution < -0.4 is 0 Å². The first-order valence-electron chi connectivity index (χ1n) is 6.35. The van der Waals surface area contributed by atoms with Gasteiger partial charge in [0.25, 0.3) is 0 Å². The van der Waals surface area contributed by atoms with Gasteiger partial charge >= 0.3 is 0 Å². The van der Waals surface area contributed by atoms with Gasteiger partial charge in [0, 0.05) is 0 Å². The van der Waals surface area contributed by atoms with E-state index in [0.29, 0.717) is 0 Å². The van der Waals surface area contributed by atoms with Crippen molar-refractivity contribution in [2.45, 2.75) is 46.5 Å². The van der Waals surface area contributed by atoms with E-state index in [4.69, 9.17) is 0 Å². The zero-order valence-corrected chi connectivity index (χ0v) is 10.8. The van der Waals surface area contributed by atoms with Crippen LogP contribution in [0.4, 0.5) is 0 Å². The molecular formula is C16H22. The van der Waals surface area contributed by atoms with E-state index in [0.717, 1.165) is 5.92 Å². The Morgan fingerprint density at radius 1 is 1.25 bits per heavy atom. The maximum atomic E-state index is 3.93. The lowest BCUT2D eigenvalue weighted by Gasteiger charge is -2.15. The van der Waals surface area contributed by atoms with Gasteiger partial charge in [-0.3, -0.25) is 0 Å². The molecule has 2 rings (SSSR count). The molecule has 0 atom stereocenters. The van der Waals surface area contributed by atoms with E-state index in [1.807, 2.05) is 6.08 Å². The molecule has 0 radical (unpaired) electrons. The van der Waals surface area contributed by atoms with Crippen molar-refractivity contribution in [1.82, 2.24) is 0 Å². The zero-order valence-electron chi connectivity index (χ0n) is 10.8. The van der Waals surface area contributed by atoms with Crippen LogP contribution in [-0.4, -0.2) is 0 Å². The summed E-state index contributed by atoms with van der Waals surface area (Å²) in [4.78, 5) is 0. The SMILES string of the molecule is C=Cc1c(C)cc(C)c(CCC2CC2)c1C. The minimum absolute atomic E-state index is 1.02. The number of hydrogen-bond donors (Lipinski definition) is 0. The Hall–Kier alpha value is -1.04. The Balaban J connectivity index is 2.30. The monoisotopic (exact) mass is 214 g/mol. The number of hydrogen-bond acceptors (Lipinski definition) is 0. The van der Waals surface area contributed by atoms with Gasteiger partial charge in [0.1, 0.15) is 0 Å². The summed E-state index contributed by atoms with van der Waals surface area (Å²) < 4.78 is 0. The van der Waals surface area contributed by atoms with Crippen LogP contribution in [0.15, 0.2) is 12.6 Å². The van der Waals surface area contributed by atoms with Crippen molar-refractivity contribution in [3.05, 3.63) is 40.5 Å². The highest BCUT2D eigenvalue weighted by Gasteiger charge is 2.21. The molecule has 16 heavy (non-hydrogen) atoms. The summed E-state index contributed by atoms with van der Waals surface area (Å²) in [6, 6.07) is 2.31. The third-order valence-electron chi connectivity index (χ3n) is 3.89. The van der Waals surface area contributed by atoms with E-state index < -0.39 is 0 Å². The second kappa shape index (κ2) is 4.45. The molecule has 0 heteroatoms. The highest BCUT2D eigenvalue weighted by Crippen LogP contribution is 2.35. The van der Waals surface area contributed by atoms with Gasteiger partial charge in [-0.2, -0.15) is 0 Å². The average Bonchev–Trinajstić information content (AvgIpc) is 3.01. The Labute approximate surface area is 99.4 Å². The van der Waals surface area contributed by atoms with Gasteiger partial charge < -0.3 is 0 Å². The summed E-state index contributed by atoms with van der Waals surface area (Å²) in [6.07, 6.45) is 7.55. The molecule has 0 spiro atoms. The van der Waals surface area contributed by atoms with Crippen LogP contribution in [0.5, 0.6) is 0 Å². The standard InChI is InChI=1S/C16H22/c1-5-15-11(2)10-12(3)16(13(15)4)9-8-14-6-7-14/h5,10,14H,1,6-9H2,2-4H3. The lowest BCUT2D eigenvalue weighted by molar-refractivity contribution is 0.721. The fourth-order valence-electron chi connectivity index (χ4n) is 2.70. The molecule has 0 aliphatic heterocycles. The van der Waals surface area contributed by atoms with Crippen molar-refractivity contribution in [1.29, 1.82) is 0 Å². The fraction of sp³-hybridized carbons (Fsp3) is 0.500. The quantitative estimate of drug-likeness (QED) is 0.687. The molecule has 0 unspecified atom stereocenters. The largest absolute Gasteiger partial charge is 0.0985 e. The molecule has 86 valence electrons. The summed E-state index contributed by atoms with van der Waals surface area (Å²) in [6.45, 7) is 10.6. The molecule has 1 aromatic carbocycles. The van der Waals surface area contributed by atoms with Crippen LogP contribution in [0.2, 0.25) is 0 Å². The van der Waals surface area contributed by atoms with E-state index >= 15 is 0 Å². The fourth-order valence-corrected chi connectivity index (χ4v) is 2.70. The smallest absolute Gasteiger partial charge is 0.0201 e. The molecule has 0 nitrogen and oxygen atoms in total. The van der Waals surface area contributed by atoms with E-state index in [2.05, 4.69) is 33.4 Å². The number of aryl methyl sites for hydroxylation is 2. The molecule has 0 bridgehead atoms. The Morgan fingerprint density at radius 3 is 2.50 bits per heavy atom. The van der Waals surface area contributed by atoms with Crippen molar-refractivity contribution >= 4 is 6.08 Å². The molecule has 0 aromatic heterocycles. The molecule has 0 heterocycles. The average molecular weight is 214 g/mol. The first-order valence-corrected chi connectivity index (χ1v) is 6.35. The van der Waals surface area contributed by atoms with Crippen LogP contribution >= 0.6 is 0 Å². The topological polar surface area (TPSA) is 0 Å². The maximum Gasteiger partial charge on any atom is -0.0201 e. The van der Waals surface area contributed by atoms with Crippen LogP contribution in [-0.2, 0) is 6.42 Å². The molecule has 1 aromatic rings. The lowest BCUT2D eigenvalue weighted by atomic mass is 9.90. The molecule has 1 aliphatic carbocycles. The second-order valence-electron chi connectivity index (χ2n) is 5.21. The van der Waals surface area contributed by atoms with E-state index in [-0.39, 0.29) is 0 Å². The highest BCUT2D eigenvalue weighted by molar-refractivity contribution is 5.59. The van der Waals surface area contributed by atoms with E-state index in [9.17, 15) is 0 Å². The minimum atomic E-state index is 1.02. The van der Waals surface area contributed by atoms with Gasteiger partial charge in [-0.15, -0.1) is 0 Å². The number of benzene rings is 1. The molecule has 0 saturated heterocycles. The third kappa shape index (κ3) is 2.21. The van der Waals surface area contributed by atoms with Crippen molar-refractivity contribution in [2.75, 3.05) is 0 Å². The van der Waals surface area contributed by atoms with Crippen LogP contribution in [0.25, 0.3) is 6.08 Å². The Kier molecular flexibility index (Phi) is 3.18. The minimum Gasteiger partial charge on any atom is -0.0985 e. The molecule has 0 N–H and O–H groups in total. The van der Waals surface area contributed by atoms with Crippen molar-refractivity contribution in [3.8, 4) is 0 Å². The summed E-state index contributed by atoms with van der Waals surface area (Å²) in [7, 11) is 0. The van der Waals surface area contributed by atoms with Gasteiger partial charge in [-0.1, -0.05) is 31.6 Å². The second-order valence-corrected chi connectivity index (χ2v) is 5.21. The van der Waals surface area contributed by atoms with Crippen molar-refractivity contribution in [2.24, 2.45) is 5.92 Å². The van der Waals surface area contributed by atoms with Gasteiger partial charge in [0.05, 0.1) is 0 Å². The highest BCUT2D eigenvalue weighted by atomic mass is 14.3. The molecule has 1 aliphatic rings. The first kappa shape index (κ1) is 11.4. The summed E-state index contributed by atoms with van der Waals surface area (Å²) in [5, 5.41) is 0. The summed E-state index contributed by atoms with van der Waals surface area (Å²) >= 11 is 0. The Bertz CT molecular complexity index is 409. The zero-order chi connectivity index (χ0) is 11.7. The van der Waals surface area contributed by atoms with Crippen LogP contribution in [0.3, 0.4) is 0 Å². The van der Waals surface area contributed by atoms with Crippen LogP contribution in [0, 0.1) is 26.7 Å². The van der Waals surface area contributed by atoms with E-state index in [1.54, 1.807) is 5.56 Å². The molecular weight excluding hydrogens is 192 g/mol. The van der Waals surface area contributed by atoms with Gasteiger partial charge in [-0.25, -0.2) is 0 Å². The van der Waals surface area contributed by atoms with Crippen molar-refractivity contribution in [3.63, 3.8) is 0 Å². The van der Waals surface area contributed by atoms with Gasteiger partial charge in [0.15, 0.2) is 0 Å². The van der Waals surface area contributed by atoms with Crippen LogP contribution in [0.1, 0.15) is 47.1 Å². The van der Waals surface area contributed by atoms with Crippen molar-refractivity contribution < 1.29 is 0 Å². The number of rotatable bonds is 4. The summed E-state index contributed by atoms with van der Waals surface area (Å²) in [5.74, 6) is 1.02. The third-order valence-corrected chi connectivity index (χ3v) is 3.89. The normalized spacial score (nSPS) is 15.2. The van der Waals surface area contributed by atoms with E-state index in [1.165, 1.54) is 47.9 Å². The Morgan fingerprint density at radius 2 is 1.94 bits per heavy atom. The summed E-state index contributed by atoms with van der Waals surface area (Å²) in [5.41, 5.74) is 7.18. The van der Waals surface area contributed by atoms with Gasteiger partial charge in [0.2, 0.25) is 0 Å². The first-order chi connectivity index (χ1) is 7.63. The molecule has 1 saturated carbocycles. The predicted octanol–water partition coefficient (Wildman–Crippen LogP) is 4.60. The molecule has 1 fully saturated rings. The maximum absolute atomic E-state index is 3.93. The predicted molar refractivity (Wildman–Crippen MR) is 71.8 cm³/mol. The molecule has 0 amide bonds. The lowest BCUT2D eigenvalue weighted by Crippen LogP contribution is -1.99. The van der Waals surface area contributed by atoms with Gasteiger partial charge in [-0.05, 0) is 67.3 Å².